The van der Waals surface area contributed by atoms with Gasteiger partial charge in [-0.3, -0.25) is 0 Å². The Bertz CT molecular complexity index is 602. The van der Waals surface area contributed by atoms with Crippen molar-refractivity contribution in [3.63, 3.8) is 0 Å². The molecular weight excluding hydrogens is 236 g/mol. The number of nitrogens with two attached hydrogens (primary N) is 1. The molecule has 96 valence electrons. The first kappa shape index (κ1) is 13.1. The maximum atomic E-state index is 8.85. The van der Waals surface area contributed by atoms with Gasteiger partial charge in [-0.25, -0.2) is 0 Å². The second kappa shape index (κ2) is 6.03. The molecule has 0 aliphatic rings. The molecule has 0 heterocycles. The highest BCUT2D eigenvalue weighted by Gasteiger charge is 2.05. The van der Waals surface area contributed by atoms with Crippen LogP contribution in [-0.4, -0.2) is 0 Å². The quantitative estimate of drug-likeness (QED) is 0.901. The lowest BCUT2D eigenvalue weighted by Crippen LogP contribution is -2.08. The lowest BCUT2D eigenvalue weighted by atomic mass is 10.1. The molecular formula is C16H16N2O. The maximum absolute atomic E-state index is 8.85. The lowest BCUT2D eigenvalue weighted by molar-refractivity contribution is 0.481. The van der Waals surface area contributed by atoms with Crippen LogP contribution in [0.3, 0.4) is 0 Å². The summed E-state index contributed by atoms with van der Waals surface area (Å²) >= 11 is 0. The van der Waals surface area contributed by atoms with Crippen LogP contribution in [0.1, 0.15) is 30.5 Å². The molecule has 0 aromatic heterocycles. The van der Waals surface area contributed by atoms with E-state index in [0.29, 0.717) is 11.3 Å². The number of hydrogen-bond acceptors (Lipinski definition) is 3. The van der Waals surface area contributed by atoms with Gasteiger partial charge in [0, 0.05) is 6.04 Å². The maximum Gasteiger partial charge on any atom is 0.128 e. The minimum atomic E-state index is 0.0222. The van der Waals surface area contributed by atoms with E-state index in [1.807, 2.05) is 30.3 Å². The third kappa shape index (κ3) is 3.34. The zero-order valence-corrected chi connectivity index (χ0v) is 10.8. The van der Waals surface area contributed by atoms with Gasteiger partial charge in [-0.1, -0.05) is 25.1 Å². The van der Waals surface area contributed by atoms with E-state index in [2.05, 4.69) is 13.0 Å². The first-order chi connectivity index (χ1) is 9.22. The van der Waals surface area contributed by atoms with Crippen LogP contribution < -0.4 is 10.5 Å². The van der Waals surface area contributed by atoms with Crippen molar-refractivity contribution in [3.8, 4) is 17.6 Å². The predicted octanol–water partition coefficient (Wildman–Crippen LogP) is 3.76. The van der Waals surface area contributed by atoms with Crippen molar-refractivity contribution in [1.82, 2.24) is 0 Å². The summed E-state index contributed by atoms with van der Waals surface area (Å²) in [4.78, 5) is 0. The van der Waals surface area contributed by atoms with Gasteiger partial charge >= 0.3 is 0 Å². The first-order valence-corrected chi connectivity index (χ1v) is 6.26. The van der Waals surface area contributed by atoms with Gasteiger partial charge in [-0.05, 0) is 42.3 Å². The monoisotopic (exact) mass is 252 g/mol. The summed E-state index contributed by atoms with van der Waals surface area (Å²) in [6, 6.07) is 16.9. The van der Waals surface area contributed by atoms with Gasteiger partial charge < -0.3 is 10.5 Å². The van der Waals surface area contributed by atoms with Gasteiger partial charge in [0.1, 0.15) is 11.5 Å². The van der Waals surface area contributed by atoms with E-state index in [-0.39, 0.29) is 6.04 Å². The summed E-state index contributed by atoms with van der Waals surface area (Å²) < 4.78 is 5.75. The van der Waals surface area contributed by atoms with Crippen LogP contribution in [-0.2, 0) is 0 Å². The highest BCUT2D eigenvalue weighted by molar-refractivity contribution is 5.40. The molecule has 0 amide bonds. The fourth-order valence-electron chi connectivity index (χ4n) is 1.81. The Morgan fingerprint density at radius 3 is 2.53 bits per heavy atom. The lowest BCUT2D eigenvalue weighted by Gasteiger charge is -2.11. The van der Waals surface area contributed by atoms with Gasteiger partial charge in [-0.15, -0.1) is 0 Å². The summed E-state index contributed by atoms with van der Waals surface area (Å²) in [5, 5.41) is 8.85. The van der Waals surface area contributed by atoms with Gasteiger partial charge in [0.25, 0.3) is 0 Å². The number of rotatable bonds is 4. The average molecular weight is 252 g/mol. The van der Waals surface area contributed by atoms with Crippen LogP contribution in [0.4, 0.5) is 0 Å². The molecule has 1 atom stereocenters. The third-order valence-electron chi connectivity index (χ3n) is 2.92. The SMILES string of the molecule is CCC(N)c1cccc(Oc2cccc(C#N)c2)c1. The van der Waals surface area contributed by atoms with Crippen molar-refractivity contribution in [2.24, 2.45) is 5.73 Å². The molecule has 0 aliphatic carbocycles. The number of ether oxygens (including phenoxy) is 1. The smallest absolute Gasteiger partial charge is 0.128 e. The molecule has 2 aromatic rings. The van der Waals surface area contributed by atoms with Crippen molar-refractivity contribution in [2.75, 3.05) is 0 Å². The Kier molecular flexibility index (Phi) is 4.17. The summed E-state index contributed by atoms with van der Waals surface area (Å²) in [5.41, 5.74) is 7.64. The van der Waals surface area contributed by atoms with Crippen LogP contribution in [0.5, 0.6) is 11.5 Å². The van der Waals surface area contributed by atoms with Crippen LogP contribution in [0.2, 0.25) is 0 Å². The summed E-state index contributed by atoms with van der Waals surface area (Å²) in [7, 11) is 0. The molecule has 3 nitrogen and oxygen atoms in total. The van der Waals surface area contributed by atoms with Crippen LogP contribution in [0.15, 0.2) is 48.5 Å². The van der Waals surface area contributed by atoms with Crippen molar-refractivity contribution in [3.05, 3.63) is 59.7 Å². The molecule has 0 saturated heterocycles. The van der Waals surface area contributed by atoms with Crippen LogP contribution >= 0.6 is 0 Å². The highest BCUT2D eigenvalue weighted by Crippen LogP contribution is 2.25. The second-order valence-corrected chi connectivity index (χ2v) is 4.33. The molecule has 0 radical (unpaired) electrons. The zero-order chi connectivity index (χ0) is 13.7. The number of hydrogen-bond donors (Lipinski definition) is 1. The fourth-order valence-corrected chi connectivity index (χ4v) is 1.81. The largest absolute Gasteiger partial charge is 0.457 e. The Morgan fingerprint density at radius 2 is 1.84 bits per heavy atom. The summed E-state index contributed by atoms with van der Waals surface area (Å²) in [6.45, 7) is 2.05. The van der Waals surface area contributed by atoms with Gasteiger partial charge in [0.2, 0.25) is 0 Å². The molecule has 0 bridgehead atoms. The second-order valence-electron chi connectivity index (χ2n) is 4.33. The van der Waals surface area contributed by atoms with Gasteiger partial charge in [-0.2, -0.15) is 5.26 Å². The van der Waals surface area contributed by atoms with Crippen LogP contribution in [0.25, 0.3) is 0 Å². The molecule has 1 unspecified atom stereocenters. The molecule has 19 heavy (non-hydrogen) atoms. The topological polar surface area (TPSA) is 59.0 Å². The van der Waals surface area contributed by atoms with Crippen LogP contribution in [0, 0.1) is 11.3 Å². The van der Waals surface area contributed by atoms with Gasteiger partial charge in [0.15, 0.2) is 0 Å². The number of nitriles is 1. The van der Waals surface area contributed by atoms with Crippen molar-refractivity contribution < 1.29 is 4.74 Å². The standard InChI is InChI=1S/C16H16N2O/c1-2-16(18)13-6-4-8-15(10-13)19-14-7-3-5-12(9-14)11-17/h3-10,16H,2,18H2,1H3. The van der Waals surface area contributed by atoms with E-state index < -0.39 is 0 Å². The van der Waals surface area contributed by atoms with E-state index in [9.17, 15) is 0 Å². The molecule has 3 heteroatoms. The molecule has 2 aromatic carbocycles. The Hall–Kier alpha value is -2.31. The highest BCUT2D eigenvalue weighted by atomic mass is 16.5. The van der Waals surface area contributed by atoms with E-state index in [1.54, 1.807) is 18.2 Å². The Balaban J connectivity index is 2.21. The molecule has 0 fully saturated rings. The van der Waals surface area contributed by atoms with E-state index in [0.717, 1.165) is 17.7 Å². The van der Waals surface area contributed by atoms with Crippen molar-refractivity contribution in [1.29, 1.82) is 5.26 Å². The summed E-state index contributed by atoms with van der Waals surface area (Å²) in [5.74, 6) is 1.39. The molecule has 2 rings (SSSR count). The van der Waals surface area contributed by atoms with E-state index in [4.69, 9.17) is 15.7 Å². The average Bonchev–Trinajstić information content (AvgIpc) is 2.47. The Labute approximate surface area is 113 Å². The molecule has 2 N–H and O–H groups in total. The van der Waals surface area contributed by atoms with Gasteiger partial charge in [0.05, 0.1) is 11.6 Å². The van der Waals surface area contributed by atoms with E-state index in [1.165, 1.54) is 0 Å². The minimum Gasteiger partial charge on any atom is -0.457 e. The minimum absolute atomic E-state index is 0.0222. The van der Waals surface area contributed by atoms with Crippen molar-refractivity contribution in [2.45, 2.75) is 19.4 Å². The molecule has 0 saturated carbocycles. The zero-order valence-electron chi connectivity index (χ0n) is 10.8. The number of benzene rings is 2. The predicted molar refractivity (Wildman–Crippen MR) is 74.9 cm³/mol. The first-order valence-electron chi connectivity index (χ1n) is 6.26. The Morgan fingerprint density at radius 1 is 1.16 bits per heavy atom. The normalized spacial score (nSPS) is 11.6. The molecule has 0 spiro atoms. The number of nitrogens with zero attached hydrogens (tertiary/aromatic N) is 1. The van der Waals surface area contributed by atoms with E-state index >= 15 is 0 Å². The molecule has 0 aliphatic heterocycles. The van der Waals surface area contributed by atoms with Crippen molar-refractivity contribution >= 4 is 0 Å². The third-order valence-corrected chi connectivity index (χ3v) is 2.92. The fraction of sp³-hybridized carbons (Fsp3) is 0.188. The summed E-state index contributed by atoms with van der Waals surface area (Å²) in [6.07, 6.45) is 0.882.